The largest absolute Gasteiger partial charge is 0.0807 e. The Morgan fingerprint density at radius 3 is 1.84 bits per heavy atom. The molecule has 0 aliphatic heterocycles. The predicted molar refractivity (Wildman–Crippen MR) is 82.6 cm³/mol. The summed E-state index contributed by atoms with van der Waals surface area (Å²) in [6, 6.07) is 21.2. The number of benzene rings is 2. The predicted octanol–water partition coefficient (Wildman–Crippen LogP) is 5.11. The first-order valence-electron chi connectivity index (χ1n) is 6.63. The van der Waals surface area contributed by atoms with Gasteiger partial charge in [0.25, 0.3) is 0 Å². The van der Waals surface area contributed by atoms with Gasteiger partial charge in [0.1, 0.15) is 0 Å². The van der Waals surface area contributed by atoms with Gasteiger partial charge in [-0.25, -0.2) is 0 Å². The first-order chi connectivity index (χ1) is 9.45. The van der Waals surface area contributed by atoms with Gasteiger partial charge in [-0.15, -0.1) is 0 Å². The molecule has 0 heterocycles. The van der Waals surface area contributed by atoms with E-state index in [0.29, 0.717) is 0 Å². The fourth-order valence-corrected chi connectivity index (χ4v) is 2.39. The second-order valence-corrected chi connectivity index (χ2v) is 4.59. The summed E-state index contributed by atoms with van der Waals surface area (Å²) in [5, 5.41) is 0. The first kappa shape index (κ1) is 11.7. The van der Waals surface area contributed by atoms with Crippen LogP contribution in [0, 0.1) is 0 Å². The molecule has 1 aliphatic rings. The van der Waals surface area contributed by atoms with Crippen molar-refractivity contribution in [1.29, 1.82) is 0 Å². The van der Waals surface area contributed by atoms with Gasteiger partial charge in [-0.05, 0) is 28.7 Å². The highest BCUT2D eigenvalue weighted by atomic mass is 14.1. The van der Waals surface area contributed by atoms with Crippen LogP contribution >= 0.6 is 0 Å². The van der Waals surface area contributed by atoms with Crippen molar-refractivity contribution in [2.75, 3.05) is 0 Å². The normalized spacial score (nSPS) is 14.5. The van der Waals surface area contributed by atoms with E-state index >= 15 is 0 Å². The molecule has 0 N–H and O–H groups in total. The van der Waals surface area contributed by atoms with E-state index in [4.69, 9.17) is 0 Å². The summed E-state index contributed by atoms with van der Waals surface area (Å²) in [5.41, 5.74) is 5.16. The van der Waals surface area contributed by atoms with E-state index in [1.165, 1.54) is 22.3 Å². The van der Waals surface area contributed by atoms with Crippen molar-refractivity contribution >= 4 is 11.1 Å². The Morgan fingerprint density at radius 1 is 0.632 bits per heavy atom. The van der Waals surface area contributed by atoms with Gasteiger partial charge in [-0.3, -0.25) is 0 Å². The molecule has 0 fully saturated rings. The molecule has 92 valence electrons. The minimum atomic E-state index is 0.983. The van der Waals surface area contributed by atoms with Crippen molar-refractivity contribution in [3.05, 3.63) is 96.1 Å². The summed E-state index contributed by atoms with van der Waals surface area (Å²) in [6.07, 6.45) is 9.84. The molecule has 0 heteroatoms. The van der Waals surface area contributed by atoms with Crippen LogP contribution in [0.15, 0.2) is 85.0 Å². The van der Waals surface area contributed by atoms with Gasteiger partial charge in [-0.2, -0.15) is 0 Å². The molecule has 19 heavy (non-hydrogen) atoms. The molecular formula is C19H16. The fourth-order valence-electron chi connectivity index (χ4n) is 2.39. The number of hydrogen-bond acceptors (Lipinski definition) is 0. The number of hydrogen-bond donors (Lipinski definition) is 0. The molecule has 0 saturated heterocycles. The molecule has 2 aromatic carbocycles. The van der Waals surface area contributed by atoms with Crippen LogP contribution < -0.4 is 0 Å². The maximum absolute atomic E-state index is 2.30. The Morgan fingerprint density at radius 2 is 1.21 bits per heavy atom. The highest BCUT2D eigenvalue weighted by Gasteiger charge is 2.10. The van der Waals surface area contributed by atoms with Gasteiger partial charge in [0.05, 0.1) is 0 Å². The van der Waals surface area contributed by atoms with Crippen LogP contribution in [-0.4, -0.2) is 0 Å². The van der Waals surface area contributed by atoms with Crippen LogP contribution in [0.5, 0.6) is 0 Å². The molecule has 0 spiro atoms. The van der Waals surface area contributed by atoms with Gasteiger partial charge in [0.15, 0.2) is 0 Å². The monoisotopic (exact) mass is 244 g/mol. The molecule has 0 radical (unpaired) electrons. The molecule has 0 nitrogen and oxygen atoms in total. The van der Waals surface area contributed by atoms with Crippen LogP contribution in [0.3, 0.4) is 0 Å². The van der Waals surface area contributed by atoms with Crippen LogP contribution in [0.25, 0.3) is 11.1 Å². The summed E-state index contributed by atoms with van der Waals surface area (Å²) in [7, 11) is 0. The summed E-state index contributed by atoms with van der Waals surface area (Å²) < 4.78 is 0. The highest BCUT2D eigenvalue weighted by molar-refractivity contribution is 6.05. The van der Waals surface area contributed by atoms with Crippen molar-refractivity contribution in [3.63, 3.8) is 0 Å². The molecule has 0 aromatic heterocycles. The minimum Gasteiger partial charge on any atom is -0.0807 e. The standard InChI is InChI=1S/C19H16/c1-4-10-16(11-5-1)18-14-8-3-9-15-19(18)17-12-6-2-7-13-17/h1-8,10-15H,9H2. The Labute approximate surface area is 114 Å². The van der Waals surface area contributed by atoms with Crippen LogP contribution in [0.4, 0.5) is 0 Å². The van der Waals surface area contributed by atoms with Gasteiger partial charge >= 0.3 is 0 Å². The molecule has 2 aromatic rings. The second-order valence-electron chi connectivity index (χ2n) is 4.59. The summed E-state index contributed by atoms with van der Waals surface area (Å²) in [6.45, 7) is 0. The topological polar surface area (TPSA) is 0 Å². The average molecular weight is 244 g/mol. The molecular weight excluding hydrogens is 228 g/mol. The molecule has 0 atom stereocenters. The van der Waals surface area contributed by atoms with E-state index in [9.17, 15) is 0 Å². The molecule has 0 saturated carbocycles. The zero-order chi connectivity index (χ0) is 12.9. The minimum absolute atomic E-state index is 0.983. The first-order valence-corrected chi connectivity index (χ1v) is 6.63. The van der Waals surface area contributed by atoms with Crippen LogP contribution in [-0.2, 0) is 0 Å². The van der Waals surface area contributed by atoms with E-state index in [-0.39, 0.29) is 0 Å². The summed E-state index contributed by atoms with van der Waals surface area (Å²) in [4.78, 5) is 0. The maximum Gasteiger partial charge on any atom is -0.0109 e. The Hall–Kier alpha value is -2.34. The van der Waals surface area contributed by atoms with Crippen molar-refractivity contribution < 1.29 is 0 Å². The Bertz CT molecular complexity index is 628. The zero-order valence-electron chi connectivity index (χ0n) is 10.8. The lowest BCUT2D eigenvalue weighted by atomic mass is 9.92. The third-order valence-corrected chi connectivity index (χ3v) is 3.32. The number of allylic oxidation sites excluding steroid dienone is 6. The Balaban J connectivity index is 2.09. The third-order valence-electron chi connectivity index (χ3n) is 3.32. The van der Waals surface area contributed by atoms with Crippen LogP contribution in [0.1, 0.15) is 17.5 Å². The number of rotatable bonds is 2. The second kappa shape index (κ2) is 5.53. The molecule has 0 amide bonds. The van der Waals surface area contributed by atoms with Crippen LogP contribution in [0.2, 0.25) is 0 Å². The van der Waals surface area contributed by atoms with E-state index in [1.54, 1.807) is 0 Å². The van der Waals surface area contributed by atoms with E-state index in [0.717, 1.165) is 6.42 Å². The molecule has 0 unspecified atom stereocenters. The quantitative estimate of drug-likeness (QED) is 0.688. The van der Waals surface area contributed by atoms with Crippen molar-refractivity contribution in [3.8, 4) is 0 Å². The lowest BCUT2D eigenvalue weighted by Gasteiger charge is -2.12. The molecule has 3 rings (SSSR count). The Kier molecular flexibility index (Phi) is 3.42. The van der Waals surface area contributed by atoms with E-state index in [2.05, 4.69) is 85.0 Å². The van der Waals surface area contributed by atoms with Crippen molar-refractivity contribution in [1.82, 2.24) is 0 Å². The lowest BCUT2D eigenvalue weighted by Crippen LogP contribution is -1.90. The van der Waals surface area contributed by atoms with Gasteiger partial charge < -0.3 is 0 Å². The average Bonchev–Trinajstić information content (AvgIpc) is 2.75. The maximum atomic E-state index is 2.30. The molecule has 1 aliphatic carbocycles. The third kappa shape index (κ3) is 2.58. The summed E-state index contributed by atoms with van der Waals surface area (Å²) in [5.74, 6) is 0. The van der Waals surface area contributed by atoms with Crippen molar-refractivity contribution in [2.24, 2.45) is 0 Å². The van der Waals surface area contributed by atoms with Gasteiger partial charge in [-0.1, -0.05) is 85.0 Å². The van der Waals surface area contributed by atoms with Crippen molar-refractivity contribution in [2.45, 2.75) is 6.42 Å². The van der Waals surface area contributed by atoms with E-state index in [1.807, 2.05) is 0 Å². The van der Waals surface area contributed by atoms with E-state index < -0.39 is 0 Å². The summed E-state index contributed by atoms with van der Waals surface area (Å²) >= 11 is 0. The lowest BCUT2D eigenvalue weighted by molar-refractivity contribution is 1.40. The fraction of sp³-hybridized carbons (Fsp3) is 0.0526. The van der Waals surface area contributed by atoms with Gasteiger partial charge in [0, 0.05) is 0 Å². The zero-order valence-corrected chi connectivity index (χ0v) is 10.8. The smallest absolute Gasteiger partial charge is 0.0109 e. The SMILES string of the molecule is C1=CCC=C(c2ccccc2)C(c2ccccc2)=C1. The van der Waals surface area contributed by atoms with Gasteiger partial charge in [0.2, 0.25) is 0 Å². The molecule has 0 bridgehead atoms. The highest BCUT2D eigenvalue weighted by Crippen LogP contribution is 2.32.